The second-order valence-electron chi connectivity index (χ2n) is 2.93. The standard InChI is InChI=1S/C8H7N3O3/c1-10-8-5(4-9-10)2-6(12)3-7(8)11(13)14/h2-4,12H,1H3. The topological polar surface area (TPSA) is 81.2 Å². The minimum absolute atomic E-state index is 0.128. The van der Waals surface area contributed by atoms with Crippen molar-refractivity contribution in [2.75, 3.05) is 0 Å². The molecular weight excluding hydrogens is 186 g/mol. The molecule has 0 bridgehead atoms. The van der Waals surface area contributed by atoms with E-state index in [1.807, 2.05) is 0 Å². The Hall–Kier alpha value is -2.11. The summed E-state index contributed by atoms with van der Waals surface area (Å²) in [5.41, 5.74) is 0.271. The number of nitro groups is 1. The first-order valence-corrected chi connectivity index (χ1v) is 3.88. The molecule has 1 heterocycles. The Balaban J connectivity index is 2.90. The van der Waals surface area contributed by atoms with Crippen molar-refractivity contribution >= 4 is 16.6 Å². The molecular formula is C8H7N3O3. The van der Waals surface area contributed by atoms with Gasteiger partial charge >= 0.3 is 0 Å². The fourth-order valence-corrected chi connectivity index (χ4v) is 1.42. The third-order valence-corrected chi connectivity index (χ3v) is 1.99. The van der Waals surface area contributed by atoms with Crippen molar-refractivity contribution in [3.8, 4) is 5.75 Å². The van der Waals surface area contributed by atoms with Crippen molar-refractivity contribution in [2.45, 2.75) is 0 Å². The lowest BCUT2D eigenvalue weighted by molar-refractivity contribution is -0.383. The molecule has 0 aliphatic rings. The maximum atomic E-state index is 10.7. The lowest BCUT2D eigenvalue weighted by Crippen LogP contribution is -1.95. The summed E-state index contributed by atoms with van der Waals surface area (Å²) in [7, 11) is 1.62. The van der Waals surface area contributed by atoms with Crippen molar-refractivity contribution < 1.29 is 10.0 Å². The first-order chi connectivity index (χ1) is 6.59. The van der Waals surface area contributed by atoms with E-state index < -0.39 is 4.92 Å². The van der Waals surface area contributed by atoms with E-state index in [9.17, 15) is 15.2 Å². The molecule has 6 nitrogen and oxygen atoms in total. The number of phenolic OH excluding ortho intramolecular Hbond substituents is 1. The highest BCUT2D eigenvalue weighted by Crippen LogP contribution is 2.29. The Morgan fingerprint density at radius 2 is 2.29 bits per heavy atom. The molecule has 0 unspecified atom stereocenters. The summed E-state index contributed by atoms with van der Waals surface area (Å²) in [6.45, 7) is 0. The van der Waals surface area contributed by atoms with E-state index in [0.29, 0.717) is 10.9 Å². The first-order valence-electron chi connectivity index (χ1n) is 3.88. The number of fused-ring (bicyclic) bond motifs is 1. The van der Waals surface area contributed by atoms with Gasteiger partial charge in [-0.3, -0.25) is 14.8 Å². The molecule has 6 heteroatoms. The van der Waals surface area contributed by atoms with Gasteiger partial charge in [0.15, 0.2) is 0 Å². The highest BCUT2D eigenvalue weighted by Gasteiger charge is 2.16. The minimum atomic E-state index is -0.538. The Bertz CT molecular complexity index is 518. The number of phenols is 1. The zero-order valence-electron chi connectivity index (χ0n) is 7.34. The number of hydrogen-bond donors (Lipinski definition) is 1. The number of nitrogens with zero attached hydrogens (tertiary/aromatic N) is 3. The van der Waals surface area contributed by atoms with Gasteiger partial charge in [-0.2, -0.15) is 5.10 Å². The zero-order valence-corrected chi connectivity index (χ0v) is 7.34. The molecule has 0 saturated carbocycles. The molecule has 0 spiro atoms. The lowest BCUT2D eigenvalue weighted by Gasteiger charge is -1.97. The van der Waals surface area contributed by atoms with Crippen molar-refractivity contribution in [3.05, 3.63) is 28.4 Å². The molecule has 2 rings (SSSR count). The van der Waals surface area contributed by atoms with Gasteiger partial charge in [0.25, 0.3) is 5.69 Å². The van der Waals surface area contributed by atoms with Crippen LogP contribution in [0.5, 0.6) is 5.75 Å². The Labute approximate surface area is 78.5 Å². The maximum absolute atomic E-state index is 10.7. The average Bonchev–Trinajstić information content (AvgIpc) is 2.46. The van der Waals surface area contributed by atoms with E-state index in [0.717, 1.165) is 6.07 Å². The van der Waals surface area contributed by atoms with Crippen molar-refractivity contribution in [2.24, 2.45) is 7.05 Å². The van der Waals surface area contributed by atoms with Crippen LogP contribution in [-0.2, 0) is 7.05 Å². The van der Waals surface area contributed by atoms with Crippen LogP contribution in [0.4, 0.5) is 5.69 Å². The van der Waals surface area contributed by atoms with Gasteiger partial charge in [0.05, 0.1) is 17.2 Å². The van der Waals surface area contributed by atoms with Crippen LogP contribution < -0.4 is 0 Å². The summed E-state index contributed by atoms with van der Waals surface area (Å²) in [4.78, 5) is 10.1. The third kappa shape index (κ3) is 1.08. The van der Waals surface area contributed by atoms with Crippen LogP contribution in [0.15, 0.2) is 18.3 Å². The first kappa shape index (κ1) is 8.49. The molecule has 14 heavy (non-hydrogen) atoms. The van der Waals surface area contributed by atoms with E-state index >= 15 is 0 Å². The van der Waals surface area contributed by atoms with Crippen LogP contribution >= 0.6 is 0 Å². The molecule has 0 saturated heterocycles. The van der Waals surface area contributed by atoms with Crippen molar-refractivity contribution in [1.29, 1.82) is 0 Å². The summed E-state index contributed by atoms with van der Waals surface area (Å²) in [6, 6.07) is 2.55. The van der Waals surface area contributed by atoms with Crippen molar-refractivity contribution in [1.82, 2.24) is 9.78 Å². The van der Waals surface area contributed by atoms with E-state index in [1.54, 1.807) is 7.05 Å². The zero-order chi connectivity index (χ0) is 10.3. The van der Waals surface area contributed by atoms with Crippen LogP contribution in [0.1, 0.15) is 0 Å². The molecule has 0 atom stereocenters. The van der Waals surface area contributed by atoms with Gasteiger partial charge in [0, 0.05) is 12.4 Å². The van der Waals surface area contributed by atoms with E-state index in [1.165, 1.54) is 16.9 Å². The number of aromatic nitrogens is 2. The second-order valence-corrected chi connectivity index (χ2v) is 2.93. The van der Waals surface area contributed by atoms with E-state index in [2.05, 4.69) is 5.10 Å². The van der Waals surface area contributed by atoms with Crippen LogP contribution in [0.3, 0.4) is 0 Å². The SMILES string of the molecule is Cn1ncc2cc(O)cc([N+](=O)[O-])c21. The van der Waals surface area contributed by atoms with Gasteiger partial charge in [0.2, 0.25) is 0 Å². The van der Waals surface area contributed by atoms with E-state index in [4.69, 9.17) is 0 Å². The molecule has 0 aliphatic carbocycles. The summed E-state index contributed by atoms with van der Waals surface area (Å²) in [5, 5.41) is 24.3. The number of nitro benzene ring substituents is 1. The van der Waals surface area contributed by atoms with Crippen LogP contribution in [0.2, 0.25) is 0 Å². The smallest absolute Gasteiger partial charge is 0.298 e. The molecule has 2 aromatic rings. The molecule has 0 aliphatic heterocycles. The predicted molar refractivity (Wildman–Crippen MR) is 49.0 cm³/mol. The van der Waals surface area contributed by atoms with Crippen LogP contribution in [-0.4, -0.2) is 19.8 Å². The monoisotopic (exact) mass is 193 g/mol. The molecule has 0 amide bonds. The number of rotatable bonds is 1. The Kier molecular flexibility index (Phi) is 1.63. The van der Waals surface area contributed by atoms with Gasteiger partial charge in [0.1, 0.15) is 11.3 Å². The van der Waals surface area contributed by atoms with Crippen molar-refractivity contribution in [3.63, 3.8) is 0 Å². The quantitative estimate of drug-likeness (QED) is 0.544. The Morgan fingerprint density at radius 1 is 1.57 bits per heavy atom. The van der Waals surface area contributed by atoms with Gasteiger partial charge in [-0.15, -0.1) is 0 Å². The fourth-order valence-electron chi connectivity index (χ4n) is 1.42. The number of aryl methyl sites for hydroxylation is 1. The molecule has 1 N–H and O–H groups in total. The van der Waals surface area contributed by atoms with Gasteiger partial charge in [-0.25, -0.2) is 0 Å². The highest BCUT2D eigenvalue weighted by molar-refractivity contribution is 5.88. The third-order valence-electron chi connectivity index (χ3n) is 1.99. The predicted octanol–water partition coefficient (Wildman–Crippen LogP) is 1.19. The number of non-ortho nitro benzene ring substituents is 1. The molecule has 1 aromatic carbocycles. The van der Waals surface area contributed by atoms with Gasteiger partial charge < -0.3 is 5.11 Å². The minimum Gasteiger partial charge on any atom is -0.508 e. The molecule has 0 fully saturated rings. The average molecular weight is 193 g/mol. The Morgan fingerprint density at radius 3 is 2.93 bits per heavy atom. The summed E-state index contributed by atoms with van der Waals surface area (Å²) in [5.74, 6) is -0.128. The molecule has 72 valence electrons. The maximum Gasteiger partial charge on any atom is 0.298 e. The molecule has 1 aromatic heterocycles. The number of hydrogen-bond acceptors (Lipinski definition) is 4. The van der Waals surface area contributed by atoms with Gasteiger partial charge in [-0.1, -0.05) is 0 Å². The van der Waals surface area contributed by atoms with Gasteiger partial charge in [-0.05, 0) is 6.07 Å². The lowest BCUT2D eigenvalue weighted by atomic mass is 10.2. The number of benzene rings is 1. The normalized spacial score (nSPS) is 10.6. The molecule has 0 radical (unpaired) electrons. The summed E-state index contributed by atoms with van der Waals surface area (Å²) in [6.07, 6.45) is 1.47. The van der Waals surface area contributed by atoms with Crippen LogP contribution in [0.25, 0.3) is 10.9 Å². The number of aromatic hydroxyl groups is 1. The summed E-state index contributed by atoms with van der Waals surface area (Å²) >= 11 is 0. The summed E-state index contributed by atoms with van der Waals surface area (Å²) < 4.78 is 1.41. The van der Waals surface area contributed by atoms with E-state index in [-0.39, 0.29) is 11.4 Å². The van der Waals surface area contributed by atoms with Crippen LogP contribution in [0, 0.1) is 10.1 Å². The highest BCUT2D eigenvalue weighted by atomic mass is 16.6. The largest absolute Gasteiger partial charge is 0.508 e. The second kappa shape index (κ2) is 2.69. The fraction of sp³-hybridized carbons (Fsp3) is 0.125.